The highest BCUT2D eigenvalue weighted by Gasteiger charge is 2.18. The number of anilines is 1. The maximum atomic E-state index is 13.1. The molecule has 0 atom stereocenters. The van der Waals surface area contributed by atoms with Crippen LogP contribution in [0.3, 0.4) is 0 Å². The van der Waals surface area contributed by atoms with Crippen LogP contribution < -0.4 is 9.64 Å². The molecule has 0 aliphatic heterocycles. The zero-order chi connectivity index (χ0) is 20.2. The number of thiazole rings is 1. The van der Waals surface area contributed by atoms with E-state index in [1.807, 2.05) is 0 Å². The van der Waals surface area contributed by atoms with Crippen molar-refractivity contribution in [2.24, 2.45) is 0 Å². The first kappa shape index (κ1) is 18.6. The lowest BCUT2D eigenvalue weighted by Gasteiger charge is -2.13. The van der Waals surface area contributed by atoms with E-state index in [1.54, 1.807) is 43.0 Å². The summed E-state index contributed by atoms with van der Waals surface area (Å²) in [6.07, 6.45) is 4.62. The van der Waals surface area contributed by atoms with Crippen molar-refractivity contribution in [3.63, 3.8) is 0 Å². The fraction of sp³-hybridized carbons (Fsp3) is 0.0500. The summed E-state index contributed by atoms with van der Waals surface area (Å²) in [4.78, 5) is 30.8. The SMILES string of the molecule is CN(C(=O)c1ccc(F)cc1)c1nc(-c2cc(Oc3cccnc3)ncn2)cs1. The first-order valence-corrected chi connectivity index (χ1v) is 9.37. The first-order valence-electron chi connectivity index (χ1n) is 8.49. The van der Waals surface area contributed by atoms with E-state index in [2.05, 4.69) is 19.9 Å². The van der Waals surface area contributed by atoms with Gasteiger partial charge in [-0.15, -0.1) is 11.3 Å². The molecule has 0 bridgehead atoms. The van der Waals surface area contributed by atoms with E-state index in [-0.39, 0.29) is 5.91 Å². The van der Waals surface area contributed by atoms with Crippen molar-refractivity contribution < 1.29 is 13.9 Å². The third-order valence-electron chi connectivity index (χ3n) is 3.94. The molecule has 144 valence electrons. The number of nitrogens with zero attached hydrogens (tertiary/aromatic N) is 5. The van der Waals surface area contributed by atoms with Crippen LogP contribution in [0.4, 0.5) is 9.52 Å². The molecular formula is C20H14FN5O2S. The smallest absolute Gasteiger partial charge is 0.259 e. The molecule has 4 rings (SSSR count). The first-order chi connectivity index (χ1) is 14.1. The molecule has 0 radical (unpaired) electrons. The van der Waals surface area contributed by atoms with Crippen molar-refractivity contribution in [2.75, 3.05) is 11.9 Å². The van der Waals surface area contributed by atoms with E-state index >= 15 is 0 Å². The van der Waals surface area contributed by atoms with Crippen LogP contribution in [0.15, 0.2) is 66.6 Å². The molecule has 3 heterocycles. The number of benzene rings is 1. The summed E-state index contributed by atoms with van der Waals surface area (Å²) in [6.45, 7) is 0. The number of rotatable bonds is 5. The van der Waals surface area contributed by atoms with Gasteiger partial charge in [0.05, 0.1) is 11.9 Å². The van der Waals surface area contributed by atoms with E-state index in [4.69, 9.17) is 4.74 Å². The topological polar surface area (TPSA) is 81.1 Å². The molecule has 3 aromatic heterocycles. The maximum Gasteiger partial charge on any atom is 0.259 e. The molecule has 0 aliphatic rings. The van der Waals surface area contributed by atoms with Crippen molar-refractivity contribution in [2.45, 2.75) is 0 Å². The molecule has 1 aromatic carbocycles. The molecule has 0 fully saturated rings. The second-order valence-electron chi connectivity index (χ2n) is 5.92. The minimum atomic E-state index is -0.395. The normalized spacial score (nSPS) is 10.6. The molecule has 0 aliphatic carbocycles. The predicted molar refractivity (Wildman–Crippen MR) is 107 cm³/mol. The zero-order valence-corrected chi connectivity index (χ0v) is 16.0. The van der Waals surface area contributed by atoms with Gasteiger partial charge in [-0.3, -0.25) is 14.7 Å². The number of hydrogen-bond acceptors (Lipinski definition) is 7. The van der Waals surface area contributed by atoms with Crippen LogP contribution in [0.2, 0.25) is 0 Å². The van der Waals surface area contributed by atoms with E-state index in [1.165, 1.54) is 46.8 Å². The molecule has 0 spiro atoms. The Morgan fingerprint density at radius 2 is 1.97 bits per heavy atom. The number of carbonyl (C=O) groups excluding carboxylic acids is 1. The zero-order valence-electron chi connectivity index (χ0n) is 15.2. The van der Waals surface area contributed by atoms with Crippen LogP contribution in [-0.2, 0) is 0 Å². The number of aromatic nitrogens is 4. The van der Waals surface area contributed by atoms with Crippen LogP contribution in [0, 0.1) is 5.82 Å². The van der Waals surface area contributed by atoms with Crippen LogP contribution in [0.5, 0.6) is 11.6 Å². The lowest BCUT2D eigenvalue weighted by molar-refractivity contribution is 0.0993. The molecule has 7 nitrogen and oxygen atoms in total. The minimum Gasteiger partial charge on any atom is -0.437 e. The Balaban J connectivity index is 1.53. The summed E-state index contributed by atoms with van der Waals surface area (Å²) in [5, 5.41) is 2.28. The maximum absolute atomic E-state index is 13.1. The second kappa shape index (κ2) is 8.11. The average Bonchev–Trinajstić information content (AvgIpc) is 3.24. The van der Waals surface area contributed by atoms with Crippen LogP contribution >= 0.6 is 11.3 Å². The van der Waals surface area contributed by atoms with Gasteiger partial charge in [0.1, 0.15) is 23.6 Å². The third-order valence-corrected chi connectivity index (χ3v) is 4.85. The largest absolute Gasteiger partial charge is 0.437 e. The van der Waals surface area contributed by atoms with Crippen molar-refractivity contribution >= 4 is 22.4 Å². The van der Waals surface area contributed by atoms with Crippen LogP contribution in [0.1, 0.15) is 10.4 Å². The van der Waals surface area contributed by atoms with Crippen LogP contribution in [-0.4, -0.2) is 32.9 Å². The molecule has 29 heavy (non-hydrogen) atoms. The molecule has 9 heteroatoms. The monoisotopic (exact) mass is 407 g/mol. The lowest BCUT2D eigenvalue weighted by Crippen LogP contribution is -2.26. The highest BCUT2D eigenvalue weighted by atomic mass is 32.1. The number of ether oxygens (including phenoxy) is 1. The standard InChI is InChI=1S/C20H14FN5O2S/c1-26(19(27)13-4-6-14(21)7-5-13)20-25-17(11-29-20)16-9-18(24-12-23-16)28-15-3-2-8-22-10-15/h2-12H,1H3. The Labute approximate surface area is 169 Å². The summed E-state index contributed by atoms with van der Waals surface area (Å²) in [7, 11) is 1.62. The van der Waals surface area contributed by atoms with Gasteiger partial charge in [0.2, 0.25) is 5.88 Å². The summed E-state index contributed by atoms with van der Waals surface area (Å²) >= 11 is 1.30. The Hall–Kier alpha value is -3.72. The van der Waals surface area contributed by atoms with Crippen molar-refractivity contribution in [3.8, 4) is 23.0 Å². The second-order valence-corrected chi connectivity index (χ2v) is 6.76. The number of carbonyl (C=O) groups is 1. The molecular weight excluding hydrogens is 393 g/mol. The van der Waals surface area contributed by atoms with E-state index in [0.29, 0.717) is 33.7 Å². The minimum absolute atomic E-state index is 0.283. The molecule has 1 amide bonds. The summed E-state index contributed by atoms with van der Waals surface area (Å²) < 4.78 is 18.7. The van der Waals surface area contributed by atoms with Gasteiger partial charge in [0, 0.05) is 30.3 Å². The number of hydrogen-bond donors (Lipinski definition) is 0. The summed E-state index contributed by atoms with van der Waals surface area (Å²) in [5.74, 6) is 0.233. The van der Waals surface area contributed by atoms with E-state index in [9.17, 15) is 9.18 Å². The number of halogens is 1. The fourth-order valence-electron chi connectivity index (χ4n) is 2.47. The van der Waals surface area contributed by atoms with Gasteiger partial charge in [0.25, 0.3) is 5.91 Å². The summed E-state index contributed by atoms with van der Waals surface area (Å²) in [6, 6.07) is 10.6. The Morgan fingerprint density at radius 1 is 1.14 bits per heavy atom. The van der Waals surface area contributed by atoms with Gasteiger partial charge in [-0.25, -0.2) is 19.3 Å². The Kier molecular flexibility index (Phi) is 5.21. The molecule has 0 unspecified atom stereocenters. The average molecular weight is 407 g/mol. The van der Waals surface area contributed by atoms with Gasteiger partial charge in [-0.05, 0) is 36.4 Å². The van der Waals surface area contributed by atoms with Crippen molar-refractivity contribution in [1.82, 2.24) is 19.9 Å². The fourth-order valence-corrected chi connectivity index (χ4v) is 3.26. The van der Waals surface area contributed by atoms with Gasteiger partial charge < -0.3 is 4.74 Å². The van der Waals surface area contributed by atoms with E-state index in [0.717, 1.165) is 0 Å². The third kappa shape index (κ3) is 4.25. The summed E-state index contributed by atoms with van der Waals surface area (Å²) in [5.41, 5.74) is 1.52. The quantitative estimate of drug-likeness (QED) is 0.493. The van der Waals surface area contributed by atoms with Gasteiger partial charge >= 0.3 is 0 Å². The highest BCUT2D eigenvalue weighted by molar-refractivity contribution is 7.14. The van der Waals surface area contributed by atoms with Gasteiger partial charge in [-0.2, -0.15) is 0 Å². The molecule has 0 N–H and O–H groups in total. The Bertz CT molecular complexity index is 1140. The lowest BCUT2D eigenvalue weighted by atomic mass is 10.2. The molecule has 0 saturated carbocycles. The molecule has 0 saturated heterocycles. The molecule has 4 aromatic rings. The number of amides is 1. The highest BCUT2D eigenvalue weighted by Crippen LogP contribution is 2.28. The van der Waals surface area contributed by atoms with Crippen LogP contribution in [0.25, 0.3) is 11.4 Å². The predicted octanol–water partition coefficient (Wildman–Crippen LogP) is 4.20. The van der Waals surface area contributed by atoms with Crippen molar-refractivity contribution in [3.05, 3.63) is 77.9 Å². The number of pyridine rings is 1. The van der Waals surface area contributed by atoms with Crippen molar-refractivity contribution in [1.29, 1.82) is 0 Å². The van der Waals surface area contributed by atoms with E-state index < -0.39 is 5.82 Å². The van der Waals surface area contributed by atoms with Gasteiger partial charge in [-0.1, -0.05) is 0 Å². The van der Waals surface area contributed by atoms with Gasteiger partial charge in [0.15, 0.2) is 5.13 Å². The Morgan fingerprint density at radius 3 is 2.72 bits per heavy atom.